The van der Waals surface area contributed by atoms with Gasteiger partial charge in [-0.25, -0.2) is 0 Å². The Morgan fingerprint density at radius 1 is 1.14 bits per heavy atom. The Balaban J connectivity index is 2.31. The predicted octanol–water partition coefficient (Wildman–Crippen LogP) is 4.21. The second-order valence-electron chi connectivity index (χ2n) is 4.62. The number of halogens is 1. The summed E-state index contributed by atoms with van der Waals surface area (Å²) in [5.41, 5.74) is 1.83. The van der Waals surface area contributed by atoms with Crippen molar-refractivity contribution in [2.24, 2.45) is 0 Å². The third kappa shape index (κ3) is 3.68. The highest BCUT2D eigenvalue weighted by Gasteiger charge is 2.15. The second-order valence-corrected chi connectivity index (χ2v) is 5.06. The summed E-state index contributed by atoms with van der Waals surface area (Å²) in [4.78, 5) is 0. The first-order valence-corrected chi connectivity index (χ1v) is 6.91. The second kappa shape index (κ2) is 7.01. The lowest BCUT2D eigenvalue weighted by Crippen LogP contribution is -2.03. The highest BCUT2D eigenvalue weighted by molar-refractivity contribution is 6.30. The molecule has 0 bridgehead atoms. The van der Waals surface area contributed by atoms with Crippen molar-refractivity contribution < 1.29 is 9.47 Å². The zero-order valence-corrected chi connectivity index (χ0v) is 12.7. The summed E-state index contributed by atoms with van der Waals surface area (Å²) < 4.78 is 10.5. The molecule has 21 heavy (non-hydrogen) atoms. The van der Waals surface area contributed by atoms with Crippen LogP contribution in [0.4, 0.5) is 0 Å². The molecule has 0 N–H and O–H groups in total. The Morgan fingerprint density at radius 3 is 2.62 bits per heavy atom. The molecule has 0 saturated heterocycles. The summed E-state index contributed by atoms with van der Waals surface area (Å²) in [5.74, 6) is 1.20. The molecular formula is C17H16ClNO2. The molecule has 0 saturated carbocycles. The minimum Gasteiger partial charge on any atom is -0.497 e. The maximum Gasteiger partial charge on any atom is 0.122 e. The van der Waals surface area contributed by atoms with Crippen LogP contribution in [0.3, 0.4) is 0 Å². The molecule has 2 aromatic carbocycles. The van der Waals surface area contributed by atoms with E-state index in [9.17, 15) is 5.26 Å². The fourth-order valence-corrected chi connectivity index (χ4v) is 2.42. The van der Waals surface area contributed by atoms with Crippen LogP contribution in [0.2, 0.25) is 5.02 Å². The average Bonchev–Trinajstić information content (AvgIpc) is 2.52. The highest BCUT2D eigenvalue weighted by atomic mass is 35.5. The molecule has 0 aromatic heterocycles. The molecule has 0 aliphatic carbocycles. The Kier molecular flexibility index (Phi) is 5.08. The van der Waals surface area contributed by atoms with Gasteiger partial charge in [0.25, 0.3) is 0 Å². The van der Waals surface area contributed by atoms with Gasteiger partial charge in [0.05, 0.1) is 26.2 Å². The molecule has 2 rings (SSSR count). The van der Waals surface area contributed by atoms with Crippen LogP contribution in [0.15, 0.2) is 42.5 Å². The van der Waals surface area contributed by atoms with Gasteiger partial charge in [0, 0.05) is 5.02 Å². The Hall–Kier alpha value is -2.18. The van der Waals surface area contributed by atoms with Gasteiger partial charge in [-0.05, 0) is 47.9 Å². The summed E-state index contributed by atoms with van der Waals surface area (Å²) in [6.07, 6.45) is 0.535. The number of hydrogen-bond donors (Lipinski definition) is 0. The molecule has 2 aromatic rings. The van der Waals surface area contributed by atoms with Crippen molar-refractivity contribution in [2.75, 3.05) is 14.2 Å². The van der Waals surface area contributed by atoms with Crippen molar-refractivity contribution in [3.63, 3.8) is 0 Å². The third-order valence-electron chi connectivity index (χ3n) is 3.32. The van der Waals surface area contributed by atoms with E-state index < -0.39 is 0 Å². The van der Waals surface area contributed by atoms with Crippen LogP contribution in [0.25, 0.3) is 0 Å². The number of ether oxygens (including phenoxy) is 2. The first kappa shape index (κ1) is 15.2. The van der Waals surface area contributed by atoms with Gasteiger partial charge in [-0.3, -0.25) is 0 Å². The van der Waals surface area contributed by atoms with Gasteiger partial charge >= 0.3 is 0 Å². The van der Waals surface area contributed by atoms with E-state index in [2.05, 4.69) is 6.07 Å². The Morgan fingerprint density at radius 2 is 1.95 bits per heavy atom. The van der Waals surface area contributed by atoms with E-state index in [0.29, 0.717) is 11.4 Å². The van der Waals surface area contributed by atoms with E-state index in [1.165, 1.54) is 0 Å². The summed E-state index contributed by atoms with van der Waals surface area (Å²) in [6, 6.07) is 15.3. The first-order valence-electron chi connectivity index (χ1n) is 6.54. The zero-order chi connectivity index (χ0) is 15.2. The van der Waals surface area contributed by atoms with Gasteiger partial charge in [0.1, 0.15) is 11.5 Å². The molecule has 0 aliphatic rings. The van der Waals surface area contributed by atoms with Crippen molar-refractivity contribution in [3.8, 4) is 17.6 Å². The van der Waals surface area contributed by atoms with Gasteiger partial charge in [0.15, 0.2) is 0 Å². The molecule has 0 amide bonds. The van der Waals surface area contributed by atoms with Gasteiger partial charge in [-0.1, -0.05) is 23.7 Å². The maximum absolute atomic E-state index is 9.47. The van der Waals surface area contributed by atoms with Crippen LogP contribution in [-0.2, 0) is 6.42 Å². The quantitative estimate of drug-likeness (QED) is 0.831. The summed E-state index contributed by atoms with van der Waals surface area (Å²) in [5, 5.41) is 10.1. The molecule has 0 aliphatic heterocycles. The van der Waals surface area contributed by atoms with Crippen molar-refractivity contribution in [3.05, 3.63) is 58.6 Å². The zero-order valence-electron chi connectivity index (χ0n) is 12.0. The predicted molar refractivity (Wildman–Crippen MR) is 83.1 cm³/mol. The van der Waals surface area contributed by atoms with Crippen LogP contribution in [0.5, 0.6) is 11.5 Å². The maximum atomic E-state index is 9.47. The molecular weight excluding hydrogens is 286 g/mol. The number of methoxy groups -OCH3 is 2. The molecule has 1 unspecified atom stereocenters. The van der Waals surface area contributed by atoms with Crippen molar-refractivity contribution in [1.82, 2.24) is 0 Å². The molecule has 108 valence electrons. The Bertz CT molecular complexity index is 664. The minimum absolute atomic E-state index is 0.285. The lowest BCUT2D eigenvalue weighted by atomic mass is 9.92. The minimum atomic E-state index is -0.285. The number of hydrogen-bond acceptors (Lipinski definition) is 3. The molecule has 0 spiro atoms. The molecule has 1 atom stereocenters. The lowest BCUT2D eigenvalue weighted by Gasteiger charge is -2.14. The van der Waals surface area contributed by atoms with E-state index >= 15 is 0 Å². The largest absolute Gasteiger partial charge is 0.497 e. The molecule has 0 fully saturated rings. The standard InChI is InChI=1S/C17H16ClNO2/c1-20-16-5-3-4-12(10-16)14(11-19)8-13-9-15(18)6-7-17(13)21-2/h3-7,9-10,14H,8H2,1-2H3. The smallest absolute Gasteiger partial charge is 0.122 e. The number of nitrogens with zero attached hydrogens (tertiary/aromatic N) is 1. The summed E-state index contributed by atoms with van der Waals surface area (Å²) >= 11 is 6.04. The molecule has 0 radical (unpaired) electrons. The van der Waals surface area contributed by atoms with Crippen molar-refractivity contribution in [2.45, 2.75) is 12.3 Å². The fraction of sp³-hybridized carbons (Fsp3) is 0.235. The molecule has 4 heteroatoms. The normalized spacial score (nSPS) is 11.5. The van der Waals surface area contributed by atoms with Gasteiger partial charge in [0.2, 0.25) is 0 Å². The topological polar surface area (TPSA) is 42.2 Å². The van der Waals surface area contributed by atoms with E-state index in [0.717, 1.165) is 22.6 Å². The van der Waals surface area contributed by atoms with Gasteiger partial charge in [-0.15, -0.1) is 0 Å². The fourth-order valence-electron chi connectivity index (χ4n) is 2.22. The number of benzene rings is 2. The van der Waals surface area contributed by atoms with Crippen molar-refractivity contribution in [1.29, 1.82) is 5.26 Å². The number of nitriles is 1. The first-order chi connectivity index (χ1) is 10.2. The monoisotopic (exact) mass is 301 g/mol. The van der Waals surface area contributed by atoms with E-state index in [-0.39, 0.29) is 5.92 Å². The van der Waals surface area contributed by atoms with Crippen LogP contribution < -0.4 is 9.47 Å². The van der Waals surface area contributed by atoms with Crippen LogP contribution in [0.1, 0.15) is 17.0 Å². The molecule has 3 nitrogen and oxygen atoms in total. The lowest BCUT2D eigenvalue weighted by molar-refractivity contribution is 0.408. The van der Waals surface area contributed by atoms with Gasteiger partial charge < -0.3 is 9.47 Å². The van der Waals surface area contributed by atoms with Gasteiger partial charge in [-0.2, -0.15) is 5.26 Å². The number of rotatable bonds is 5. The van der Waals surface area contributed by atoms with Crippen LogP contribution in [-0.4, -0.2) is 14.2 Å². The van der Waals surface area contributed by atoms with E-state index in [1.807, 2.05) is 36.4 Å². The third-order valence-corrected chi connectivity index (χ3v) is 3.55. The summed E-state index contributed by atoms with van der Waals surface area (Å²) in [6.45, 7) is 0. The Labute approximate surface area is 129 Å². The van der Waals surface area contributed by atoms with Crippen molar-refractivity contribution >= 4 is 11.6 Å². The SMILES string of the molecule is COc1cccc(C(C#N)Cc2cc(Cl)ccc2OC)c1. The van der Waals surface area contributed by atoms with Crippen LogP contribution in [0, 0.1) is 11.3 Å². The van der Waals surface area contributed by atoms with E-state index in [4.69, 9.17) is 21.1 Å². The summed E-state index contributed by atoms with van der Waals surface area (Å²) in [7, 11) is 3.22. The molecule has 0 heterocycles. The van der Waals surface area contributed by atoms with Crippen LogP contribution >= 0.6 is 11.6 Å². The average molecular weight is 302 g/mol. The van der Waals surface area contributed by atoms with E-state index in [1.54, 1.807) is 20.3 Å². The highest BCUT2D eigenvalue weighted by Crippen LogP contribution is 2.29.